The van der Waals surface area contributed by atoms with E-state index in [0.717, 1.165) is 17.7 Å². The van der Waals surface area contributed by atoms with Crippen molar-refractivity contribution in [2.24, 2.45) is 11.1 Å². The predicted molar refractivity (Wildman–Crippen MR) is 73.1 cm³/mol. The number of anilines is 1. The van der Waals surface area contributed by atoms with Gasteiger partial charge in [-0.3, -0.25) is 4.79 Å². The maximum atomic E-state index is 11.6. The summed E-state index contributed by atoms with van der Waals surface area (Å²) in [4.78, 5) is 11.6. The van der Waals surface area contributed by atoms with E-state index >= 15 is 0 Å². The van der Waals surface area contributed by atoms with Crippen molar-refractivity contribution in [1.82, 2.24) is 0 Å². The van der Waals surface area contributed by atoms with Crippen LogP contribution in [0.25, 0.3) is 0 Å². The van der Waals surface area contributed by atoms with Gasteiger partial charge in [0.2, 0.25) is 5.91 Å². The lowest BCUT2D eigenvalue weighted by atomic mass is 10.1. The minimum Gasteiger partial charge on any atom is -0.411 e. The van der Waals surface area contributed by atoms with Crippen molar-refractivity contribution in [3.63, 3.8) is 0 Å². The molecule has 1 aromatic rings. The number of oxime groups is 1. The van der Waals surface area contributed by atoms with E-state index in [1.165, 1.54) is 0 Å². The van der Waals surface area contributed by atoms with Gasteiger partial charge in [-0.1, -0.05) is 31.1 Å². The van der Waals surface area contributed by atoms with Gasteiger partial charge < -0.3 is 10.5 Å². The van der Waals surface area contributed by atoms with Crippen molar-refractivity contribution < 1.29 is 10.0 Å². The average Bonchev–Trinajstić information content (AvgIpc) is 2.36. The summed E-state index contributed by atoms with van der Waals surface area (Å²) in [5.74, 6) is 0.561. The molecular weight excluding hydrogens is 228 g/mol. The molecule has 0 aliphatic rings. The molecule has 4 nitrogen and oxygen atoms in total. The molecule has 0 aliphatic heterocycles. The SMILES string of the molecule is C/C(=N\O)c1ccc(NC(=O)CCC(C)C)cc1. The lowest BCUT2D eigenvalue weighted by Crippen LogP contribution is -2.12. The second-order valence-electron chi connectivity index (χ2n) is 4.74. The van der Waals surface area contributed by atoms with Gasteiger partial charge in [-0.2, -0.15) is 0 Å². The second kappa shape index (κ2) is 6.79. The zero-order valence-corrected chi connectivity index (χ0v) is 11.1. The summed E-state index contributed by atoms with van der Waals surface area (Å²) >= 11 is 0. The maximum Gasteiger partial charge on any atom is 0.224 e. The van der Waals surface area contributed by atoms with Crippen molar-refractivity contribution in [3.05, 3.63) is 29.8 Å². The van der Waals surface area contributed by atoms with Crippen LogP contribution in [0.1, 0.15) is 39.2 Å². The molecule has 0 unspecified atom stereocenters. The molecule has 0 fully saturated rings. The molecule has 2 N–H and O–H groups in total. The van der Waals surface area contributed by atoms with Crippen LogP contribution in [-0.4, -0.2) is 16.8 Å². The van der Waals surface area contributed by atoms with Crippen LogP contribution in [0.5, 0.6) is 0 Å². The van der Waals surface area contributed by atoms with E-state index in [-0.39, 0.29) is 5.91 Å². The number of nitrogens with zero attached hydrogens (tertiary/aromatic N) is 1. The lowest BCUT2D eigenvalue weighted by Gasteiger charge is -2.07. The summed E-state index contributed by atoms with van der Waals surface area (Å²) in [6.45, 7) is 5.91. The number of hydrogen-bond donors (Lipinski definition) is 2. The first-order valence-electron chi connectivity index (χ1n) is 6.12. The molecule has 0 aromatic heterocycles. The number of carbonyl (C=O) groups is 1. The Balaban J connectivity index is 2.56. The van der Waals surface area contributed by atoms with E-state index in [2.05, 4.69) is 24.3 Å². The fourth-order valence-electron chi connectivity index (χ4n) is 1.50. The monoisotopic (exact) mass is 248 g/mol. The fraction of sp³-hybridized carbons (Fsp3) is 0.429. The van der Waals surface area contributed by atoms with Gasteiger partial charge in [-0.25, -0.2) is 0 Å². The molecular formula is C14H20N2O2. The Kier molecular flexibility index (Phi) is 5.36. The van der Waals surface area contributed by atoms with Crippen LogP contribution in [0.3, 0.4) is 0 Å². The first-order valence-corrected chi connectivity index (χ1v) is 6.12. The summed E-state index contributed by atoms with van der Waals surface area (Å²) in [5, 5.41) is 14.6. The van der Waals surface area contributed by atoms with E-state index in [1.54, 1.807) is 19.1 Å². The lowest BCUT2D eigenvalue weighted by molar-refractivity contribution is -0.116. The summed E-state index contributed by atoms with van der Waals surface area (Å²) in [6, 6.07) is 7.23. The Morgan fingerprint density at radius 3 is 2.44 bits per heavy atom. The Morgan fingerprint density at radius 1 is 1.33 bits per heavy atom. The van der Waals surface area contributed by atoms with Gasteiger partial charge in [0.15, 0.2) is 0 Å². The van der Waals surface area contributed by atoms with Crippen LogP contribution in [0.15, 0.2) is 29.4 Å². The fourth-order valence-corrected chi connectivity index (χ4v) is 1.50. The summed E-state index contributed by atoms with van der Waals surface area (Å²) in [5.41, 5.74) is 2.14. The minimum atomic E-state index is 0.0315. The second-order valence-corrected chi connectivity index (χ2v) is 4.74. The zero-order valence-electron chi connectivity index (χ0n) is 11.1. The molecule has 18 heavy (non-hydrogen) atoms. The van der Waals surface area contributed by atoms with Crippen molar-refractivity contribution in [2.75, 3.05) is 5.32 Å². The highest BCUT2D eigenvalue weighted by Gasteiger charge is 2.04. The van der Waals surface area contributed by atoms with Crippen LogP contribution in [0, 0.1) is 5.92 Å². The molecule has 1 rings (SSSR count). The minimum absolute atomic E-state index is 0.0315. The molecule has 4 heteroatoms. The van der Waals surface area contributed by atoms with Crippen LogP contribution in [0.4, 0.5) is 5.69 Å². The van der Waals surface area contributed by atoms with Crippen molar-refractivity contribution >= 4 is 17.3 Å². The standard InChI is InChI=1S/C14H20N2O2/c1-10(2)4-9-14(17)15-13-7-5-12(6-8-13)11(3)16-18/h5-8,10,18H,4,9H2,1-3H3,(H,15,17)/b16-11+. The highest BCUT2D eigenvalue weighted by Crippen LogP contribution is 2.12. The molecule has 98 valence electrons. The number of amides is 1. The average molecular weight is 248 g/mol. The smallest absolute Gasteiger partial charge is 0.224 e. The highest BCUT2D eigenvalue weighted by molar-refractivity contribution is 5.99. The Bertz CT molecular complexity index is 422. The Morgan fingerprint density at radius 2 is 1.94 bits per heavy atom. The van der Waals surface area contributed by atoms with E-state index in [1.807, 2.05) is 12.1 Å². The van der Waals surface area contributed by atoms with Crippen LogP contribution in [0.2, 0.25) is 0 Å². The van der Waals surface area contributed by atoms with Gasteiger partial charge in [0.1, 0.15) is 0 Å². The third-order valence-electron chi connectivity index (χ3n) is 2.69. The van der Waals surface area contributed by atoms with Gasteiger partial charge in [0.05, 0.1) is 5.71 Å². The van der Waals surface area contributed by atoms with Crippen molar-refractivity contribution in [2.45, 2.75) is 33.6 Å². The van der Waals surface area contributed by atoms with Gasteiger partial charge in [-0.05, 0) is 37.0 Å². The molecule has 0 atom stereocenters. The first-order chi connectivity index (χ1) is 8.52. The van der Waals surface area contributed by atoms with Crippen molar-refractivity contribution in [1.29, 1.82) is 0 Å². The summed E-state index contributed by atoms with van der Waals surface area (Å²) < 4.78 is 0. The zero-order chi connectivity index (χ0) is 13.5. The van der Waals surface area contributed by atoms with E-state index in [4.69, 9.17) is 5.21 Å². The van der Waals surface area contributed by atoms with Crippen LogP contribution in [-0.2, 0) is 4.79 Å². The van der Waals surface area contributed by atoms with Crippen molar-refractivity contribution in [3.8, 4) is 0 Å². The van der Waals surface area contributed by atoms with Gasteiger partial charge in [0.25, 0.3) is 0 Å². The number of benzene rings is 1. The molecule has 1 aromatic carbocycles. The topological polar surface area (TPSA) is 61.7 Å². The Hall–Kier alpha value is -1.84. The molecule has 0 bridgehead atoms. The van der Waals surface area contributed by atoms with Crippen LogP contribution >= 0.6 is 0 Å². The quantitative estimate of drug-likeness (QED) is 0.477. The molecule has 0 aliphatic carbocycles. The molecule has 1 amide bonds. The van der Waals surface area contributed by atoms with E-state index in [9.17, 15) is 4.79 Å². The third-order valence-corrected chi connectivity index (χ3v) is 2.69. The summed E-state index contributed by atoms with van der Waals surface area (Å²) in [6.07, 6.45) is 1.43. The molecule has 0 radical (unpaired) electrons. The number of nitrogens with one attached hydrogen (secondary N) is 1. The van der Waals surface area contributed by atoms with E-state index < -0.39 is 0 Å². The molecule has 0 spiro atoms. The largest absolute Gasteiger partial charge is 0.411 e. The van der Waals surface area contributed by atoms with Gasteiger partial charge >= 0.3 is 0 Å². The number of carbonyl (C=O) groups excluding carboxylic acids is 1. The third kappa shape index (κ3) is 4.57. The van der Waals surface area contributed by atoms with Gasteiger partial charge in [-0.15, -0.1) is 0 Å². The number of rotatable bonds is 5. The highest BCUT2D eigenvalue weighted by atomic mass is 16.4. The van der Waals surface area contributed by atoms with E-state index in [0.29, 0.717) is 18.1 Å². The molecule has 0 saturated heterocycles. The molecule has 0 heterocycles. The Labute approximate surface area is 108 Å². The maximum absolute atomic E-state index is 11.6. The summed E-state index contributed by atoms with van der Waals surface area (Å²) in [7, 11) is 0. The predicted octanol–water partition coefficient (Wildman–Crippen LogP) is 3.26. The van der Waals surface area contributed by atoms with Gasteiger partial charge in [0, 0.05) is 12.1 Å². The normalized spacial score (nSPS) is 11.7. The first kappa shape index (κ1) is 14.2. The molecule has 0 saturated carbocycles. The number of hydrogen-bond acceptors (Lipinski definition) is 3. The van der Waals surface area contributed by atoms with Crippen LogP contribution < -0.4 is 5.32 Å².